The van der Waals surface area contributed by atoms with Crippen LogP contribution >= 0.6 is 0 Å². The van der Waals surface area contributed by atoms with E-state index in [9.17, 15) is 0 Å². The summed E-state index contributed by atoms with van der Waals surface area (Å²) >= 11 is 0. The Morgan fingerprint density at radius 3 is 3.05 bits per heavy atom. The van der Waals surface area contributed by atoms with Crippen molar-refractivity contribution in [1.29, 1.82) is 0 Å². The first kappa shape index (κ1) is 12.7. The summed E-state index contributed by atoms with van der Waals surface area (Å²) in [5, 5.41) is 9.34. The van der Waals surface area contributed by atoms with Gasteiger partial charge in [-0.25, -0.2) is 0 Å². The van der Waals surface area contributed by atoms with Crippen LogP contribution in [-0.2, 0) is 6.42 Å². The molecule has 0 aliphatic carbocycles. The SMILES string of the molecule is CNC(C)Cc1noc(-c2cccc3cnccc23)n1. The third-order valence-corrected chi connectivity index (χ3v) is 3.36. The van der Waals surface area contributed by atoms with Crippen molar-refractivity contribution in [3.63, 3.8) is 0 Å². The zero-order valence-electron chi connectivity index (χ0n) is 11.5. The number of fused-ring (bicyclic) bond motifs is 1. The highest BCUT2D eigenvalue weighted by Gasteiger charge is 2.13. The lowest BCUT2D eigenvalue weighted by Crippen LogP contribution is -2.24. The third kappa shape index (κ3) is 2.40. The first-order valence-electron chi connectivity index (χ1n) is 6.61. The molecule has 0 radical (unpaired) electrons. The highest BCUT2D eigenvalue weighted by molar-refractivity contribution is 5.94. The first-order valence-corrected chi connectivity index (χ1v) is 6.61. The van der Waals surface area contributed by atoms with Crippen molar-refractivity contribution in [3.8, 4) is 11.5 Å². The Morgan fingerprint density at radius 2 is 2.20 bits per heavy atom. The second-order valence-electron chi connectivity index (χ2n) is 4.81. The van der Waals surface area contributed by atoms with Gasteiger partial charge in [0.15, 0.2) is 5.82 Å². The van der Waals surface area contributed by atoms with Crippen LogP contribution in [0.5, 0.6) is 0 Å². The monoisotopic (exact) mass is 268 g/mol. The number of nitrogens with zero attached hydrogens (tertiary/aromatic N) is 3. The predicted molar refractivity (Wildman–Crippen MR) is 77.3 cm³/mol. The average Bonchev–Trinajstić information content (AvgIpc) is 2.94. The van der Waals surface area contributed by atoms with E-state index in [2.05, 4.69) is 27.4 Å². The van der Waals surface area contributed by atoms with Crippen LogP contribution in [0.2, 0.25) is 0 Å². The molecule has 1 atom stereocenters. The molecule has 0 spiro atoms. The van der Waals surface area contributed by atoms with Crippen molar-refractivity contribution < 1.29 is 4.52 Å². The fraction of sp³-hybridized carbons (Fsp3) is 0.267. The fourth-order valence-corrected chi connectivity index (χ4v) is 2.13. The van der Waals surface area contributed by atoms with Gasteiger partial charge in [0.05, 0.1) is 0 Å². The molecule has 1 aromatic carbocycles. The zero-order valence-corrected chi connectivity index (χ0v) is 11.5. The molecule has 20 heavy (non-hydrogen) atoms. The molecule has 0 saturated carbocycles. The number of benzene rings is 1. The van der Waals surface area contributed by atoms with E-state index in [1.807, 2.05) is 37.5 Å². The lowest BCUT2D eigenvalue weighted by atomic mass is 10.1. The summed E-state index contributed by atoms with van der Waals surface area (Å²) in [5.41, 5.74) is 0.945. The largest absolute Gasteiger partial charge is 0.334 e. The summed E-state index contributed by atoms with van der Waals surface area (Å²) < 4.78 is 5.39. The van der Waals surface area contributed by atoms with Gasteiger partial charge in [-0.3, -0.25) is 4.98 Å². The summed E-state index contributed by atoms with van der Waals surface area (Å²) in [6, 6.07) is 8.26. The van der Waals surface area contributed by atoms with Crippen LogP contribution in [-0.4, -0.2) is 28.2 Å². The minimum Gasteiger partial charge on any atom is -0.334 e. The lowest BCUT2D eigenvalue weighted by Gasteiger charge is -2.04. The molecule has 3 aromatic rings. The Hall–Kier alpha value is -2.27. The molecule has 2 heterocycles. The number of hydrogen-bond acceptors (Lipinski definition) is 5. The third-order valence-electron chi connectivity index (χ3n) is 3.36. The second kappa shape index (κ2) is 5.38. The van der Waals surface area contributed by atoms with Crippen molar-refractivity contribution in [3.05, 3.63) is 42.5 Å². The molecule has 3 rings (SSSR count). The Bertz CT molecular complexity index is 717. The van der Waals surface area contributed by atoms with Gasteiger partial charge in [-0.1, -0.05) is 17.3 Å². The molecule has 0 bridgehead atoms. The average molecular weight is 268 g/mol. The molecular weight excluding hydrogens is 252 g/mol. The van der Waals surface area contributed by atoms with Gasteiger partial charge in [-0.2, -0.15) is 4.98 Å². The van der Waals surface area contributed by atoms with Crippen LogP contribution in [0.25, 0.3) is 22.2 Å². The second-order valence-corrected chi connectivity index (χ2v) is 4.81. The van der Waals surface area contributed by atoms with Gasteiger partial charge in [0.2, 0.25) is 0 Å². The van der Waals surface area contributed by atoms with Crippen molar-refractivity contribution >= 4 is 10.8 Å². The van der Waals surface area contributed by atoms with Gasteiger partial charge >= 0.3 is 0 Å². The lowest BCUT2D eigenvalue weighted by molar-refractivity contribution is 0.418. The number of hydrogen-bond donors (Lipinski definition) is 1. The van der Waals surface area contributed by atoms with Crippen molar-refractivity contribution in [2.75, 3.05) is 7.05 Å². The van der Waals surface area contributed by atoms with E-state index in [1.165, 1.54) is 0 Å². The molecule has 0 saturated heterocycles. The summed E-state index contributed by atoms with van der Waals surface area (Å²) in [6.45, 7) is 2.08. The maximum absolute atomic E-state index is 5.39. The minimum absolute atomic E-state index is 0.317. The van der Waals surface area contributed by atoms with Crippen LogP contribution in [0.1, 0.15) is 12.7 Å². The Labute approximate surface area is 117 Å². The molecule has 1 unspecified atom stereocenters. The highest BCUT2D eigenvalue weighted by atomic mass is 16.5. The standard InChI is InChI=1S/C15H16N4O/c1-10(16-2)8-14-18-15(20-19-14)13-5-3-4-11-9-17-7-6-12(11)13/h3-7,9-10,16H,8H2,1-2H3. The van der Waals surface area contributed by atoms with Crippen LogP contribution in [0.3, 0.4) is 0 Å². The van der Waals surface area contributed by atoms with E-state index in [4.69, 9.17) is 4.52 Å². The van der Waals surface area contributed by atoms with Gasteiger partial charge in [0, 0.05) is 35.8 Å². The van der Waals surface area contributed by atoms with Crippen molar-refractivity contribution in [2.24, 2.45) is 0 Å². The molecule has 5 heteroatoms. The summed E-state index contributed by atoms with van der Waals surface area (Å²) in [5.74, 6) is 1.27. The first-order chi connectivity index (χ1) is 9.78. The number of rotatable bonds is 4. The fourth-order valence-electron chi connectivity index (χ4n) is 2.13. The number of nitrogens with one attached hydrogen (secondary N) is 1. The maximum atomic E-state index is 5.39. The highest BCUT2D eigenvalue weighted by Crippen LogP contribution is 2.26. The van der Waals surface area contributed by atoms with Gasteiger partial charge in [-0.05, 0) is 31.5 Å². The van der Waals surface area contributed by atoms with Crippen molar-refractivity contribution in [2.45, 2.75) is 19.4 Å². The quantitative estimate of drug-likeness (QED) is 0.787. The van der Waals surface area contributed by atoms with Crippen LogP contribution in [0.15, 0.2) is 41.2 Å². The van der Waals surface area contributed by atoms with E-state index < -0.39 is 0 Å². The van der Waals surface area contributed by atoms with E-state index in [-0.39, 0.29) is 0 Å². The zero-order chi connectivity index (χ0) is 13.9. The summed E-state index contributed by atoms with van der Waals surface area (Å²) in [4.78, 5) is 8.61. The van der Waals surface area contributed by atoms with E-state index >= 15 is 0 Å². The van der Waals surface area contributed by atoms with Gasteiger partial charge in [-0.15, -0.1) is 0 Å². The van der Waals surface area contributed by atoms with Crippen LogP contribution in [0.4, 0.5) is 0 Å². The molecule has 1 N–H and O–H groups in total. The van der Waals surface area contributed by atoms with E-state index in [0.29, 0.717) is 17.8 Å². The Balaban J connectivity index is 1.99. The summed E-state index contributed by atoms with van der Waals surface area (Å²) in [7, 11) is 1.92. The molecule has 0 aliphatic heterocycles. The van der Waals surface area contributed by atoms with E-state index in [0.717, 1.165) is 22.8 Å². The molecule has 0 fully saturated rings. The topological polar surface area (TPSA) is 63.8 Å². The maximum Gasteiger partial charge on any atom is 0.258 e. The number of likely N-dealkylation sites (N-methyl/N-ethyl adjacent to an activating group) is 1. The molecule has 2 aromatic heterocycles. The van der Waals surface area contributed by atoms with Gasteiger partial charge in [0.1, 0.15) is 0 Å². The molecule has 5 nitrogen and oxygen atoms in total. The smallest absolute Gasteiger partial charge is 0.258 e. The Morgan fingerprint density at radius 1 is 1.30 bits per heavy atom. The number of aromatic nitrogens is 3. The number of pyridine rings is 1. The van der Waals surface area contributed by atoms with Gasteiger partial charge in [0.25, 0.3) is 5.89 Å². The van der Waals surface area contributed by atoms with E-state index in [1.54, 1.807) is 6.20 Å². The van der Waals surface area contributed by atoms with Crippen LogP contribution in [0, 0.1) is 0 Å². The van der Waals surface area contributed by atoms with Crippen LogP contribution < -0.4 is 5.32 Å². The minimum atomic E-state index is 0.317. The predicted octanol–water partition coefficient (Wildman–Crippen LogP) is 2.44. The molecule has 0 aliphatic rings. The summed E-state index contributed by atoms with van der Waals surface area (Å²) in [6.07, 6.45) is 4.34. The normalized spacial score (nSPS) is 12.7. The molecule has 102 valence electrons. The molecular formula is C15H16N4O. The van der Waals surface area contributed by atoms with Crippen molar-refractivity contribution in [1.82, 2.24) is 20.4 Å². The van der Waals surface area contributed by atoms with Gasteiger partial charge < -0.3 is 9.84 Å². The Kier molecular flexibility index (Phi) is 3.43. The molecule has 0 amide bonds.